The molecule has 0 aliphatic carbocycles. The molecule has 2 amide bonds. The van der Waals surface area contributed by atoms with E-state index in [1.54, 1.807) is 11.0 Å². The summed E-state index contributed by atoms with van der Waals surface area (Å²) in [6.45, 7) is 2.29. The fraction of sp³-hybridized carbons (Fsp3) is 0.579. The molecule has 26 heavy (non-hydrogen) atoms. The van der Waals surface area contributed by atoms with Crippen LogP contribution in [0.25, 0.3) is 0 Å². The third kappa shape index (κ3) is 4.37. The van der Waals surface area contributed by atoms with Crippen molar-refractivity contribution < 1.29 is 9.59 Å². The lowest BCUT2D eigenvalue weighted by atomic mass is 10.0. The van der Waals surface area contributed by atoms with Crippen LogP contribution in [0.1, 0.15) is 43.2 Å². The fourth-order valence-electron chi connectivity index (χ4n) is 3.82. The summed E-state index contributed by atoms with van der Waals surface area (Å²) < 4.78 is 0. The maximum atomic E-state index is 12.8. The maximum Gasteiger partial charge on any atom is 0.243 e. The Morgan fingerprint density at radius 2 is 2.08 bits per heavy atom. The number of likely N-dealkylation sites (tertiary alicyclic amines) is 1. The van der Waals surface area contributed by atoms with E-state index in [0.717, 1.165) is 43.4 Å². The Morgan fingerprint density at radius 3 is 2.81 bits per heavy atom. The van der Waals surface area contributed by atoms with Gasteiger partial charge in [0.25, 0.3) is 0 Å². The lowest BCUT2D eigenvalue weighted by Crippen LogP contribution is -2.53. The first-order valence-corrected chi connectivity index (χ1v) is 9.77. The molecule has 2 aliphatic rings. The normalized spacial score (nSPS) is 23.1. The van der Waals surface area contributed by atoms with Crippen LogP contribution in [0.2, 0.25) is 5.02 Å². The second-order valence-corrected chi connectivity index (χ2v) is 7.46. The molecule has 0 saturated carbocycles. The number of carbonyl (C=O) groups excluding carboxylic acids is 2. The number of amides is 2. The molecule has 2 atom stereocenters. The summed E-state index contributed by atoms with van der Waals surface area (Å²) in [4.78, 5) is 27.2. The van der Waals surface area contributed by atoms with Crippen LogP contribution in [0.15, 0.2) is 18.2 Å². The molecular formula is C19H27ClN4O2. The molecule has 3 rings (SSSR count). The van der Waals surface area contributed by atoms with Crippen LogP contribution < -0.4 is 16.4 Å². The number of carbonyl (C=O) groups is 2. The average Bonchev–Trinajstić information content (AvgIpc) is 3.16. The van der Waals surface area contributed by atoms with Gasteiger partial charge in [-0.25, -0.2) is 0 Å². The lowest BCUT2D eigenvalue weighted by Gasteiger charge is -2.30. The van der Waals surface area contributed by atoms with Crippen molar-refractivity contribution in [3.8, 4) is 0 Å². The standard InChI is InChI=1S/C19H27ClN4O2/c20-15-7-6-13(11-21)14(10-15)12-23-18(25)17-5-3-9-24(17)19(26)16-4-1-2-8-22-16/h6-7,10,16-17,22H,1-5,8-9,11-12,21H2,(H,23,25)/t16?,17-/m0/s1. The minimum Gasteiger partial charge on any atom is -0.350 e. The Bertz CT molecular complexity index is 661. The molecule has 2 heterocycles. The van der Waals surface area contributed by atoms with E-state index in [0.29, 0.717) is 31.1 Å². The molecule has 0 spiro atoms. The van der Waals surface area contributed by atoms with Crippen molar-refractivity contribution in [3.05, 3.63) is 34.3 Å². The van der Waals surface area contributed by atoms with Crippen molar-refractivity contribution in [1.29, 1.82) is 0 Å². The minimum absolute atomic E-state index is 0.0627. The molecule has 0 radical (unpaired) electrons. The van der Waals surface area contributed by atoms with Crippen LogP contribution in [0, 0.1) is 0 Å². The summed E-state index contributed by atoms with van der Waals surface area (Å²) in [5, 5.41) is 6.86. The van der Waals surface area contributed by atoms with E-state index < -0.39 is 0 Å². The van der Waals surface area contributed by atoms with Crippen molar-refractivity contribution in [1.82, 2.24) is 15.5 Å². The first-order chi connectivity index (χ1) is 12.6. The number of benzene rings is 1. The quantitative estimate of drug-likeness (QED) is 0.725. The highest BCUT2D eigenvalue weighted by Gasteiger charge is 2.37. The summed E-state index contributed by atoms with van der Waals surface area (Å²) in [6, 6.07) is 4.97. The number of piperidine rings is 1. The predicted octanol–water partition coefficient (Wildman–Crippen LogP) is 1.55. The highest BCUT2D eigenvalue weighted by molar-refractivity contribution is 6.30. The van der Waals surface area contributed by atoms with E-state index in [1.165, 1.54) is 0 Å². The second kappa shape index (κ2) is 8.84. The number of nitrogens with zero attached hydrogens (tertiary/aromatic N) is 1. The largest absolute Gasteiger partial charge is 0.350 e. The van der Waals surface area contributed by atoms with E-state index >= 15 is 0 Å². The molecule has 2 fully saturated rings. The number of nitrogens with one attached hydrogen (secondary N) is 2. The van der Waals surface area contributed by atoms with Gasteiger partial charge in [-0.2, -0.15) is 0 Å². The van der Waals surface area contributed by atoms with Gasteiger partial charge in [-0.3, -0.25) is 9.59 Å². The Morgan fingerprint density at radius 1 is 1.23 bits per heavy atom. The molecule has 7 heteroatoms. The summed E-state index contributed by atoms with van der Waals surface area (Å²) >= 11 is 6.05. The summed E-state index contributed by atoms with van der Waals surface area (Å²) in [6.07, 6.45) is 4.60. The molecule has 2 saturated heterocycles. The number of rotatable bonds is 5. The number of nitrogens with two attached hydrogens (primary N) is 1. The Labute approximate surface area is 159 Å². The van der Waals surface area contributed by atoms with Crippen molar-refractivity contribution in [3.63, 3.8) is 0 Å². The van der Waals surface area contributed by atoms with Gasteiger partial charge in [-0.05, 0) is 55.5 Å². The Kier molecular flexibility index (Phi) is 6.51. The topological polar surface area (TPSA) is 87.5 Å². The Hall–Kier alpha value is -1.63. The summed E-state index contributed by atoms with van der Waals surface area (Å²) in [5.74, 6) is -0.0395. The number of hydrogen-bond acceptors (Lipinski definition) is 4. The van der Waals surface area contributed by atoms with Gasteiger partial charge in [0.05, 0.1) is 6.04 Å². The monoisotopic (exact) mass is 378 g/mol. The average molecular weight is 379 g/mol. The zero-order valence-electron chi connectivity index (χ0n) is 15.0. The molecule has 0 aromatic heterocycles. The first-order valence-electron chi connectivity index (χ1n) is 9.39. The molecular weight excluding hydrogens is 352 g/mol. The summed E-state index contributed by atoms with van der Waals surface area (Å²) in [5.41, 5.74) is 7.63. The number of halogens is 1. The molecule has 0 bridgehead atoms. The van der Waals surface area contributed by atoms with E-state index in [2.05, 4.69) is 10.6 Å². The fourth-order valence-corrected chi connectivity index (χ4v) is 4.02. The predicted molar refractivity (Wildman–Crippen MR) is 102 cm³/mol. The lowest BCUT2D eigenvalue weighted by molar-refractivity contribution is -0.140. The van der Waals surface area contributed by atoms with Gasteiger partial charge < -0.3 is 21.3 Å². The molecule has 2 aliphatic heterocycles. The zero-order chi connectivity index (χ0) is 18.5. The van der Waals surface area contributed by atoms with Gasteiger partial charge >= 0.3 is 0 Å². The van der Waals surface area contributed by atoms with Gasteiger partial charge in [-0.15, -0.1) is 0 Å². The van der Waals surface area contributed by atoms with Crippen LogP contribution in [0.3, 0.4) is 0 Å². The maximum absolute atomic E-state index is 12.8. The van der Waals surface area contributed by atoms with Crippen molar-refractivity contribution in [2.45, 2.75) is 57.3 Å². The van der Waals surface area contributed by atoms with E-state index in [9.17, 15) is 9.59 Å². The highest BCUT2D eigenvalue weighted by Crippen LogP contribution is 2.21. The van der Waals surface area contributed by atoms with Crippen LogP contribution >= 0.6 is 11.6 Å². The SMILES string of the molecule is NCc1ccc(Cl)cc1CNC(=O)[C@@H]1CCCN1C(=O)C1CCCCN1. The van der Waals surface area contributed by atoms with Gasteiger partial charge in [0.2, 0.25) is 11.8 Å². The van der Waals surface area contributed by atoms with Gasteiger partial charge in [-0.1, -0.05) is 24.1 Å². The van der Waals surface area contributed by atoms with Crippen LogP contribution in [-0.4, -0.2) is 41.9 Å². The third-order valence-corrected chi connectivity index (χ3v) is 5.52. The van der Waals surface area contributed by atoms with Gasteiger partial charge in [0.15, 0.2) is 0 Å². The van der Waals surface area contributed by atoms with Crippen LogP contribution in [-0.2, 0) is 22.7 Å². The molecule has 1 unspecified atom stereocenters. The Balaban J connectivity index is 1.61. The second-order valence-electron chi connectivity index (χ2n) is 7.03. The van der Waals surface area contributed by atoms with Crippen molar-refractivity contribution >= 4 is 23.4 Å². The first kappa shape index (κ1) is 19.1. The van der Waals surface area contributed by atoms with Crippen LogP contribution in [0.4, 0.5) is 0 Å². The van der Waals surface area contributed by atoms with Crippen molar-refractivity contribution in [2.75, 3.05) is 13.1 Å². The highest BCUT2D eigenvalue weighted by atomic mass is 35.5. The zero-order valence-corrected chi connectivity index (χ0v) is 15.7. The van der Waals surface area contributed by atoms with E-state index in [1.807, 2.05) is 12.1 Å². The van der Waals surface area contributed by atoms with Gasteiger partial charge in [0, 0.05) is 24.7 Å². The summed E-state index contributed by atoms with van der Waals surface area (Å²) in [7, 11) is 0. The molecule has 1 aromatic rings. The van der Waals surface area contributed by atoms with Gasteiger partial charge in [0.1, 0.15) is 6.04 Å². The molecule has 6 nitrogen and oxygen atoms in total. The molecule has 1 aromatic carbocycles. The number of hydrogen-bond donors (Lipinski definition) is 3. The molecule has 142 valence electrons. The van der Waals surface area contributed by atoms with E-state index in [-0.39, 0.29) is 23.9 Å². The molecule has 4 N–H and O–H groups in total. The van der Waals surface area contributed by atoms with Crippen molar-refractivity contribution in [2.24, 2.45) is 5.73 Å². The third-order valence-electron chi connectivity index (χ3n) is 5.29. The van der Waals surface area contributed by atoms with E-state index in [4.69, 9.17) is 17.3 Å². The van der Waals surface area contributed by atoms with Crippen LogP contribution in [0.5, 0.6) is 0 Å². The minimum atomic E-state index is -0.383. The smallest absolute Gasteiger partial charge is 0.243 e.